The molecule has 160 valence electrons. The minimum atomic E-state index is -4.68. The standard InChI is InChI=1S/C22H17F3N2O4/c23-22(24,25)21-17(7-4-10-26-21)11-18(13-28)16-8-9-20(19(12-16)27(29)30)31-14-15-5-2-1-3-6-15/h1-10,12-13,18H,11,14H2. The predicted molar refractivity (Wildman–Crippen MR) is 106 cm³/mol. The Morgan fingerprint density at radius 3 is 2.48 bits per heavy atom. The highest BCUT2D eigenvalue weighted by molar-refractivity contribution is 5.65. The average molecular weight is 430 g/mol. The molecule has 9 heteroatoms. The van der Waals surface area contributed by atoms with Crippen LogP contribution in [-0.2, 0) is 24.0 Å². The predicted octanol–water partition coefficient (Wildman–Crippen LogP) is 5.11. The van der Waals surface area contributed by atoms with Crippen LogP contribution in [-0.4, -0.2) is 16.2 Å². The Balaban J connectivity index is 1.87. The van der Waals surface area contributed by atoms with Gasteiger partial charge in [0.1, 0.15) is 18.6 Å². The van der Waals surface area contributed by atoms with Crippen molar-refractivity contribution >= 4 is 12.0 Å². The van der Waals surface area contributed by atoms with Gasteiger partial charge in [-0.2, -0.15) is 13.2 Å². The molecule has 0 N–H and O–H groups in total. The van der Waals surface area contributed by atoms with Crippen LogP contribution in [0.1, 0.15) is 28.3 Å². The highest BCUT2D eigenvalue weighted by Crippen LogP contribution is 2.35. The molecule has 0 saturated heterocycles. The van der Waals surface area contributed by atoms with Gasteiger partial charge in [0.15, 0.2) is 5.75 Å². The van der Waals surface area contributed by atoms with E-state index in [-0.39, 0.29) is 35.6 Å². The molecule has 2 aromatic carbocycles. The van der Waals surface area contributed by atoms with Gasteiger partial charge in [0.05, 0.1) is 4.92 Å². The quantitative estimate of drug-likeness (QED) is 0.282. The average Bonchev–Trinajstić information content (AvgIpc) is 2.76. The molecule has 0 aliphatic rings. The largest absolute Gasteiger partial charge is 0.482 e. The van der Waals surface area contributed by atoms with Gasteiger partial charge in [-0.05, 0) is 35.2 Å². The smallest absolute Gasteiger partial charge is 0.433 e. The van der Waals surface area contributed by atoms with Gasteiger partial charge in [0, 0.05) is 18.2 Å². The number of hydrogen-bond acceptors (Lipinski definition) is 5. The van der Waals surface area contributed by atoms with Crippen molar-refractivity contribution in [3.05, 3.63) is 99.4 Å². The zero-order valence-electron chi connectivity index (χ0n) is 16.1. The fraction of sp³-hybridized carbons (Fsp3) is 0.182. The van der Waals surface area contributed by atoms with Gasteiger partial charge in [0.25, 0.3) is 0 Å². The molecule has 0 saturated carbocycles. The highest BCUT2D eigenvalue weighted by Gasteiger charge is 2.35. The molecule has 0 spiro atoms. The Labute approximate surface area is 175 Å². The number of pyridine rings is 1. The summed E-state index contributed by atoms with van der Waals surface area (Å²) >= 11 is 0. The van der Waals surface area contributed by atoms with Crippen molar-refractivity contribution in [2.75, 3.05) is 0 Å². The van der Waals surface area contributed by atoms with Gasteiger partial charge in [-0.15, -0.1) is 0 Å². The Bertz CT molecular complexity index is 1070. The van der Waals surface area contributed by atoms with E-state index in [1.165, 1.54) is 24.3 Å². The number of benzene rings is 2. The maximum Gasteiger partial charge on any atom is 0.433 e. The van der Waals surface area contributed by atoms with Crippen molar-refractivity contribution in [2.45, 2.75) is 25.1 Å². The number of ether oxygens (including phenoxy) is 1. The van der Waals surface area contributed by atoms with E-state index in [4.69, 9.17) is 4.74 Å². The van der Waals surface area contributed by atoms with E-state index in [2.05, 4.69) is 4.98 Å². The molecule has 3 rings (SSSR count). The molecule has 0 bridgehead atoms. The summed E-state index contributed by atoms with van der Waals surface area (Å²) in [5, 5.41) is 11.5. The Morgan fingerprint density at radius 2 is 1.84 bits per heavy atom. The Kier molecular flexibility index (Phi) is 6.64. The highest BCUT2D eigenvalue weighted by atomic mass is 19.4. The SMILES string of the molecule is O=CC(Cc1cccnc1C(F)(F)F)c1ccc(OCc2ccccc2)c([N+](=O)[O-])c1. The maximum atomic E-state index is 13.2. The van der Waals surface area contributed by atoms with Crippen molar-refractivity contribution in [3.63, 3.8) is 0 Å². The number of carbonyl (C=O) groups is 1. The molecular weight excluding hydrogens is 413 g/mol. The number of nitro groups is 1. The number of aldehydes is 1. The monoisotopic (exact) mass is 430 g/mol. The Morgan fingerprint density at radius 1 is 1.10 bits per heavy atom. The van der Waals surface area contributed by atoms with Gasteiger partial charge in [0.2, 0.25) is 0 Å². The molecule has 0 aliphatic carbocycles. The summed E-state index contributed by atoms with van der Waals surface area (Å²) < 4.78 is 45.1. The van der Waals surface area contributed by atoms with Crippen molar-refractivity contribution < 1.29 is 27.6 Å². The number of alkyl halides is 3. The summed E-state index contributed by atoms with van der Waals surface area (Å²) in [6.45, 7) is 0.1000. The first-order valence-electron chi connectivity index (χ1n) is 9.21. The lowest BCUT2D eigenvalue weighted by Crippen LogP contribution is -2.14. The first-order chi connectivity index (χ1) is 14.8. The second-order valence-electron chi connectivity index (χ2n) is 6.71. The molecule has 1 atom stereocenters. The van der Waals surface area contributed by atoms with Gasteiger partial charge in [-0.3, -0.25) is 15.1 Å². The van der Waals surface area contributed by atoms with Crippen LogP contribution in [0.5, 0.6) is 5.75 Å². The number of aromatic nitrogens is 1. The van der Waals surface area contributed by atoms with Crippen LogP contribution in [0.3, 0.4) is 0 Å². The Hall–Kier alpha value is -3.75. The second-order valence-corrected chi connectivity index (χ2v) is 6.71. The van der Waals surface area contributed by atoms with Crippen molar-refractivity contribution in [1.29, 1.82) is 0 Å². The van der Waals surface area contributed by atoms with E-state index in [0.29, 0.717) is 6.29 Å². The third kappa shape index (κ3) is 5.44. The molecule has 6 nitrogen and oxygen atoms in total. The van der Waals surface area contributed by atoms with Crippen LogP contribution < -0.4 is 4.74 Å². The number of rotatable bonds is 8. The number of halogens is 3. The van der Waals surface area contributed by atoms with E-state index in [1.54, 1.807) is 24.3 Å². The summed E-state index contributed by atoms with van der Waals surface area (Å²) in [6, 6.07) is 15.6. The number of nitro benzene ring substituents is 1. The fourth-order valence-corrected chi connectivity index (χ4v) is 3.11. The lowest BCUT2D eigenvalue weighted by molar-refractivity contribution is -0.386. The molecule has 3 aromatic rings. The van der Waals surface area contributed by atoms with Crippen LogP contribution in [0.15, 0.2) is 66.9 Å². The van der Waals surface area contributed by atoms with Crippen LogP contribution in [0.2, 0.25) is 0 Å². The molecule has 1 unspecified atom stereocenters. The topological polar surface area (TPSA) is 82.3 Å². The van der Waals surface area contributed by atoms with E-state index in [0.717, 1.165) is 17.8 Å². The molecule has 0 amide bonds. The van der Waals surface area contributed by atoms with Gasteiger partial charge < -0.3 is 9.53 Å². The maximum absolute atomic E-state index is 13.2. The summed E-state index contributed by atoms with van der Waals surface area (Å²) in [5.74, 6) is -1.02. The van der Waals surface area contributed by atoms with Gasteiger partial charge >= 0.3 is 11.9 Å². The minimum absolute atomic E-state index is 0.000361. The zero-order valence-corrected chi connectivity index (χ0v) is 16.1. The zero-order chi connectivity index (χ0) is 22.4. The fourth-order valence-electron chi connectivity index (χ4n) is 3.11. The molecule has 1 heterocycles. The summed E-state index contributed by atoms with van der Waals surface area (Å²) in [5.41, 5.74) is -0.602. The minimum Gasteiger partial charge on any atom is -0.482 e. The van der Waals surface area contributed by atoms with Crippen LogP contribution >= 0.6 is 0 Å². The van der Waals surface area contributed by atoms with Gasteiger partial charge in [-0.25, -0.2) is 0 Å². The normalized spacial score (nSPS) is 12.2. The van der Waals surface area contributed by atoms with Crippen LogP contribution in [0, 0.1) is 10.1 Å². The third-order valence-corrected chi connectivity index (χ3v) is 4.61. The van der Waals surface area contributed by atoms with Crippen LogP contribution in [0.25, 0.3) is 0 Å². The molecule has 1 aromatic heterocycles. The number of nitrogens with zero attached hydrogens (tertiary/aromatic N) is 2. The molecule has 0 radical (unpaired) electrons. The summed E-state index contributed by atoms with van der Waals surface area (Å²) in [4.78, 5) is 25.9. The van der Waals surface area contributed by atoms with E-state index >= 15 is 0 Å². The third-order valence-electron chi connectivity index (χ3n) is 4.61. The second kappa shape index (κ2) is 9.38. The summed E-state index contributed by atoms with van der Waals surface area (Å²) in [7, 11) is 0. The summed E-state index contributed by atoms with van der Waals surface area (Å²) in [6.07, 6.45) is -3.48. The molecule has 31 heavy (non-hydrogen) atoms. The molecule has 0 fully saturated rings. The lowest BCUT2D eigenvalue weighted by Gasteiger charge is -2.16. The van der Waals surface area contributed by atoms with Gasteiger partial charge in [-0.1, -0.05) is 42.5 Å². The first-order valence-corrected chi connectivity index (χ1v) is 9.21. The molecule has 0 aliphatic heterocycles. The lowest BCUT2D eigenvalue weighted by atomic mass is 9.92. The van der Waals surface area contributed by atoms with E-state index in [1.807, 2.05) is 6.07 Å². The van der Waals surface area contributed by atoms with Crippen molar-refractivity contribution in [3.8, 4) is 5.75 Å². The number of carbonyl (C=O) groups excluding carboxylic acids is 1. The van der Waals surface area contributed by atoms with Crippen LogP contribution in [0.4, 0.5) is 18.9 Å². The number of hydrogen-bond donors (Lipinski definition) is 0. The first kappa shape index (κ1) is 21.9. The van der Waals surface area contributed by atoms with Crippen molar-refractivity contribution in [2.24, 2.45) is 0 Å². The van der Waals surface area contributed by atoms with E-state index in [9.17, 15) is 28.1 Å². The van der Waals surface area contributed by atoms with Crippen molar-refractivity contribution in [1.82, 2.24) is 4.98 Å². The molecular formula is C22H17F3N2O4. The van der Waals surface area contributed by atoms with E-state index < -0.39 is 22.7 Å².